The minimum Gasteiger partial charge on any atom is -0.423 e. The monoisotopic (exact) mass is 398 g/mol. The Morgan fingerprint density at radius 1 is 1.14 bits per heavy atom. The molecule has 1 aliphatic rings. The number of carbonyl (C=O) groups excluding carboxylic acids is 1. The summed E-state index contributed by atoms with van der Waals surface area (Å²) < 4.78 is 33.3. The zero-order chi connectivity index (χ0) is 20.1. The molecule has 0 saturated carbocycles. The molecule has 2 aromatic carbocycles. The molecule has 0 fully saturated rings. The molecule has 0 aliphatic carbocycles. The smallest absolute Gasteiger partial charge is 0.336 e. The van der Waals surface area contributed by atoms with Crippen LogP contribution in [-0.4, -0.2) is 20.4 Å². The molecule has 3 aromatic rings. The van der Waals surface area contributed by atoms with E-state index in [0.29, 0.717) is 28.6 Å². The summed E-state index contributed by atoms with van der Waals surface area (Å²) in [5, 5.41) is 0.508. The Labute approximate surface area is 161 Å². The lowest BCUT2D eigenvalue weighted by Gasteiger charge is -2.38. The highest BCUT2D eigenvalue weighted by Crippen LogP contribution is 2.41. The number of rotatable bonds is 3. The highest BCUT2D eigenvalue weighted by Gasteiger charge is 2.39. The van der Waals surface area contributed by atoms with Gasteiger partial charge in [0.05, 0.1) is 16.5 Å². The number of benzene rings is 2. The molecule has 7 nitrogen and oxygen atoms in total. The van der Waals surface area contributed by atoms with Gasteiger partial charge in [-0.25, -0.2) is 13.2 Å². The quantitative estimate of drug-likeness (QED) is 0.681. The van der Waals surface area contributed by atoms with Crippen LogP contribution in [0.5, 0.6) is 0 Å². The van der Waals surface area contributed by atoms with Crippen LogP contribution in [0.15, 0.2) is 68.7 Å². The zero-order valence-corrected chi connectivity index (χ0v) is 15.8. The van der Waals surface area contributed by atoms with E-state index in [4.69, 9.17) is 10.2 Å². The van der Waals surface area contributed by atoms with Crippen molar-refractivity contribution in [1.82, 2.24) is 0 Å². The van der Waals surface area contributed by atoms with Gasteiger partial charge in [0.15, 0.2) is 0 Å². The second-order valence-corrected chi connectivity index (χ2v) is 8.67. The van der Waals surface area contributed by atoms with Crippen molar-refractivity contribution in [3.63, 3.8) is 0 Å². The molecule has 4 rings (SSSR count). The standard InChI is InChI=1S/C20H18N2O5S/c1-12-10-16(20(21)24)15-4-2-3-5-17(15)22(12)28(25,26)14-7-8-18-13(11-14)6-9-19(23)27-18/h2-9,11-12,16H,10H2,1H3,(H2,21,24)/t12-,16+/m1/s1. The largest absolute Gasteiger partial charge is 0.423 e. The molecule has 2 atom stereocenters. The van der Waals surface area contributed by atoms with Crippen LogP contribution in [0.25, 0.3) is 11.0 Å². The maximum absolute atomic E-state index is 13.5. The average molecular weight is 398 g/mol. The SMILES string of the molecule is C[C@@H]1C[C@H](C(N)=O)c2ccccc2N1S(=O)(=O)c1ccc2oc(=O)ccc2c1. The molecule has 0 spiro atoms. The lowest BCUT2D eigenvalue weighted by Crippen LogP contribution is -2.45. The zero-order valence-electron chi connectivity index (χ0n) is 15.0. The van der Waals surface area contributed by atoms with E-state index >= 15 is 0 Å². The molecule has 0 saturated heterocycles. The summed E-state index contributed by atoms with van der Waals surface area (Å²) in [6.07, 6.45) is 0.300. The second-order valence-electron chi connectivity index (χ2n) is 6.85. The van der Waals surface area contributed by atoms with Gasteiger partial charge in [0, 0.05) is 17.5 Å². The number of nitrogens with two attached hydrogens (primary N) is 1. The van der Waals surface area contributed by atoms with Crippen molar-refractivity contribution in [2.45, 2.75) is 30.2 Å². The van der Waals surface area contributed by atoms with Crippen LogP contribution in [0, 0.1) is 0 Å². The number of amides is 1. The van der Waals surface area contributed by atoms with Gasteiger partial charge in [-0.2, -0.15) is 0 Å². The molecule has 0 radical (unpaired) electrons. The Morgan fingerprint density at radius 3 is 2.64 bits per heavy atom. The summed E-state index contributed by atoms with van der Waals surface area (Å²) in [6, 6.07) is 13.6. The number of fused-ring (bicyclic) bond motifs is 2. The molecular formula is C20H18N2O5S. The number of sulfonamides is 1. The lowest BCUT2D eigenvalue weighted by atomic mass is 9.87. The van der Waals surface area contributed by atoms with Crippen molar-refractivity contribution in [2.24, 2.45) is 5.73 Å². The maximum atomic E-state index is 13.5. The molecule has 2 heterocycles. The van der Waals surface area contributed by atoms with Crippen LogP contribution < -0.4 is 15.7 Å². The summed E-state index contributed by atoms with van der Waals surface area (Å²) >= 11 is 0. The maximum Gasteiger partial charge on any atom is 0.336 e. The number of anilines is 1. The molecule has 0 unspecified atom stereocenters. The van der Waals surface area contributed by atoms with Gasteiger partial charge in [0.1, 0.15) is 5.58 Å². The van der Waals surface area contributed by atoms with Crippen molar-refractivity contribution < 1.29 is 17.6 Å². The lowest BCUT2D eigenvalue weighted by molar-refractivity contribution is -0.119. The van der Waals surface area contributed by atoms with E-state index in [1.165, 1.54) is 34.6 Å². The van der Waals surface area contributed by atoms with E-state index in [9.17, 15) is 18.0 Å². The predicted octanol–water partition coefficient (Wildman–Crippen LogP) is 2.35. The van der Waals surface area contributed by atoms with Gasteiger partial charge in [0.2, 0.25) is 5.91 Å². The number of nitrogens with zero attached hydrogens (tertiary/aromatic N) is 1. The van der Waals surface area contributed by atoms with Gasteiger partial charge >= 0.3 is 5.63 Å². The summed E-state index contributed by atoms with van der Waals surface area (Å²) in [4.78, 5) is 23.3. The van der Waals surface area contributed by atoms with Crippen LogP contribution >= 0.6 is 0 Å². The summed E-state index contributed by atoms with van der Waals surface area (Å²) in [5.41, 5.74) is 6.40. The van der Waals surface area contributed by atoms with E-state index in [2.05, 4.69) is 0 Å². The summed E-state index contributed by atoms with van der Waals surface area (Å²) in [5.74, 6) is -1.01. The molecule has 1 aromatic heterocycles. The third kappa shape index (κ3) is 2.86. The summed E-state index contributed by atoms with van der Waals surface area (Å²) in [7, 11) is -3.91. The first-order valence-electron chi connectivity index (χ1n) is 8.75. The minimum absolute atomic E-state index is 0.0769. The van der Waals surface area contributed by atoms with Gasteiger partial charge in [-0.3, -0.25) is 9.10 Å². The number of primary amides is 1. The number of hydrogen-bond donors (Lipinski definition) is 1. The molecule has 2 N–H and O–H groups in total. The molecule has 28 heavy (non-hydrogen) atoms. The Bertz CT molecular complexity index is 1250. The molecule has 8 heteroatoms. The van der Waals surface area contributed by atoms with Crippen LogP contribution in [0.4, 0.5) is 5.69 Å². The van der Waals surface area contributed by atoms with Crippen LogP contribution in [0.1, 0.15) is 24.8 Å². The Kier molecular flexibility index (Phi) is 4.23. The topological polar surface area (TPSA) is 111 Å². The Hall–Kier alpha value is -3.13. The molecule has 1 amide bonds. The third-order valence-electron chi connectivity index (χ3n) is 5.02. The average Bonchev–Trinajstić information content (AvgIpc) is 2.66. The fraction of sp³-hybridized carbons (Fsp3) is 0.200. The first-order chi connectivity index (χ1) is 13.3. The Morgan fingerprint density at radius 2 is 1.89 bits per heavy atom. The highest BCUT2D eigenvalue weighted by molar-refractivity contribution is 7.92. The van der Waals surface area contributed by atoms with Crippen molar-refractivity contribution in [1.29, 1.82) is 0 Å². The second kappa shape index (κ2) is 6.49. The number of para-hydroxylation sites is 1. The number of carbonyl (C=O) groups is 1. The van der Waals surface area contributed by atoms with Crippen molar-refractivity contribution in [2.75, 3.05) is 4.31 Å². The van der Waals surface area contributed by atoms with E-state index < -0.39 is 33.5 Å². The van der Waals surface area contributed by atoms with Gasteiger partial charge in [0.25, 0.3) is 10.0 Å². The normalized spacial score (nSPS) is 19.4. The van der Waals surface area contributed by atoms with Gasteiger partial charge in [-0.15, -0.1) is 0 Å². The molecule has 0 bridgehead atoms. The van der Waals surface area contributed by atoms with Gasteiger partial charge in [-0.1, -0.05) is 18.2 Å². The summed E-state index contributed by atoms with van der Waals surface area (Å²) in [6.45, 7) is 1.75. The highest BCUT2D eigenvalue weighted by atomic mass is 32.2. The third-order valence-corrected chi connectivity index (χ3v) is 6.94. The first kappa shape index (κ1) is 18.2. The van der Waals surface area contributed by atoms with Crippen molar-refractivity contribution in [3.05, 3.63) is 70.6 Å². The van der Waals surface area contributed by atoms with E-state index in [1.807, 2.05) is 0 Å². The molecule has 144 valence electrons. The fourth-order valence-electron chi connectivity index (χ4n) is 3.74. The van der Waals surface area contributed by atoms with Crippen molar-refractivity contribution in [3.8, 4) is 0 Å². The minimum atomic E-state index is -3.91. The fourth-order valence-corrected chi connectivity index (χ4v) is 5.47. The van der Waals surface area contributed by atoms with E-state index in [1.54, 1.807) is 31.2 Å². The van der Waals surface area contributed by atoms with Crippen LogP contribution in [-0.2, 0) is 14.8 Å². The van der Waals surface area contributed by atoms with E-state index in [-0.39, 0.29) is 4.90 Å². The van der Waals surface area contributed by atoms with Crippen molar-refractivity contribution >= 4 is 32.6 Å². The Balaban J connectivity index is 1.87. The van der Waals surface area contributed by atoms with Gasteiger partial charge < -0.3 is 10.2 Å². The van der Waals surface area contributed by atoms with Crippen LogP contribution in [0.3, 0.4) is 0 Å². The molecular weight excluding hydrogens is 380 g/mol. The van der Waals surface area contributed by atoms with Crippen LogP contribution in [0.2, 0.25) is 0 Å². The first-order valence-corrected chi connectivity index (χ1v) is 10.2. The van der Waals surface area contributed by atoms with Gasteiger partial charge in [-0.05, 0) is 49.2 Å². The van der Waals surface area contributed by atoms with E-state index in [0.717, 1.165) is 0 Å². The molecule has 1 aliphatic heterocycles. The predicted molar refractivity (Wildman–Crippen MR) is 105 cm³/mol. The number of hydrogen-bond acceptors (Lipinski definition) is 5.